The molecule has 0 aromatic heterocycles. The van der Waals surface area contributed by atoms with Crippen molar-refractivity contribution in [1.82, 2.24) is 4.90 Å². The molecule has 0 radical (unpaired) electrons. The van der Waals surface area contributed by atoms with Crippen molar-refractivity contribution in [1.29, 1.82) is 0 Å². The van der Waals surface area contributed by atoms with Crippen LogP contribution in [0.3, 0.4) is 0 Å². The molecule has 144 valence electrons. The van der Waals surface area contributed by atoms with Crippen LogP contribution in [0.15, 0.2) is 47.4 Å². The fourth-order valence-corrected chi connectivity index (χ4v) is 3.74. The van der Waals surface area contributed by atoms with Crippen LogP contribution in [0.2, 0.25) is 0 Å². The van der Waals surface area contributed by atoms with Crippen molar-refractivity contribution in [3.63, 3.8) is 0 Å². The van der Waals surface area contributed by atoms with E-state index < -0.39 is 26.6 Å². The zero-order valence-electron chi connectivity index (χ0n) is 14.6. The fourth-order valence-electron chi connectivity index (χ4n) is 2.80. The predicted molar refractivity (Wildman–Crippen MR) is 95.1 cm³/mol. The van der Waals surface area contributed by atoms with Crippen molar-refractivity contribution in [3.05, 3.63) is 54.1 Å². The molecule has 0 saturated carbocycles. The van der Waals surface area contributed by atoms with Gasteiger partial charge in [0.25, 0.3) is 0 Å². The van der Waals surface area contributed by atoms with Crippen molar-refractivity contribution in [2.75, 3.05) is 31.1 Å². The smallest absolute Gasteiger partial charge is 0.339 e. The summed E-state index contributed by atoms with van der Waals surface area (Å²) in [6, 6.07) is 8.65. The van der Waals surface area contributed by atoms with E-state index in [1.165, 1.54) is 19.1 Å². The number of halogens is 2. The highest BCUT2D eigenvalue weighted by atomic mass is 32.2. The number of piperazine rings is 1. The van der Waals surface area contributed by atoms with E-state index in [9.17, 15) is 22.0 Å². The Bertz CT molecular complexity index is 940. The minimum Gasteiger partial charge on any atom is -0.379 e. The van der Waals surface area contributed by atoms with Gasteiger partial charge >= 0.3 is 10.1 Å². The summed E-state index contributed by atoms with van der Waals surface area (Å²) in [7, 11) is -4.27. The summed E-state index contributed by atoms with van der Waals surface area (Å²) in [4.78, 5) is 14.7. The van der Waals surface area contributed by atoms with Gasteiger partial charge in [-0.1, -0.05) is 0 Å². The Balaban J connectivity index is 1.68. The molecule has 0 atom stereocenters. The topological polar surface area (TPSA) is 66.9 Å². The molecule has 2 aromatic rings. The molecule has 1 aliphatic heterocycles. The largest absolute Gasteiger partial charge is 0.379 e. The second-order valence-corrected chi connectivity index (χ2v) is 7.65. The number of hydrogen-bond acceptors (Lipinski definition) is 5. The molecule has 9 heteroatoms. The molecule has 27 heavy (non-hydrogen) atoms. The average molecular weight is 396 g/mol. The second-order valence-electron chi connectivity index (χ2n) is 6.10. The van der Waals surface area contributed by atoms with Crippen LogP contribution in [0.4, 0.5) is 14.5 Å². The van der Waals surface area contributed by atoms with Crippen molar-refractivity contribution >= 4 is 21.7 Å². The first-order valence-corrected chi connectivity index (χ1v) is 9.67. The Labute approximate surface area is 156 Å². The Morgan fingerprint density at radius 2 is 1.59 bits per heavy atom. The second kappa shape index (κ2) is 7.51. The number of rotatable bonds is 4. The average Bonchev–Trinajstić information content (AvgIpc) is 2.64. The molecule has 1 saturated heterocycles. The third-order valence-electron chi connectivity index (χ3n) is 4.31. The molecule has 0 bridgehead atoms. The standard InChI is InChI=1S/C18H18F2N2O4S/c1-13(23)21-8-10-22(11-9-21)14-2-4-15(5-3-14)26-27(24,25)16-6-7-17(19)18(20)12-16/h2-7,12H,8-11H2,1H3. The Hall–Kier alpha value is -2.68. The molecule has 1 heterocycles. The van der Waals surface area contributed by atoms with Crippen LogP contribution in [-0.4, -0.2) is 45.4 Å². The van der Waals surface area contributed by atoms with Gasteiger partial charge in [-0.2, -0.15) is 8.42 Å². The van der Waals surface area contributed by atoms with Gasteiger partial charge < -0.3 is 14.0 Å². The highest BCUT2D eigenvalue weighted by molar-refractivity contribution is 7.87. The summed E-state index contributed by atoms with van der Waals surface area (Å²) in [5.74, 6) is -2.30. The molecule has 0 aliphatic carbocycles. The molecule has 0 N–H and O–H groups in total. The summed E-state index contributed by atoms with van der Waals surface area (Å²) in [6.45, 7) is 4.13. The van der Waals surface area contributed by atoms with Crippen LogP contribution >= 0.6 is 0 Å². The van der Waals surface area contributed by atoms with E-state index in [1.54, 1.807) is 17.0 Å². The van der Waals surface area contributed by atoms with Gasteiger partial charge in [0, 0.05) is 38.8 Å². The summed E-state index contributed by atoms with van der Waals surface area (Å²) in [6.07, 6.45) is 0. The minimum absolute atomic E-state index is 0.0424. The highest BCUT2D eigenvalue weighted by Crippen LogP contribution is 2.24. The van der Waals surface area contributed by atoms with Gasteiger partial charge in [-0.25, -0.2) is 8.78 Å². The number of carbonyl (C=O) groups is 1. The third kappa shape index (κ3) is 4.36. The molecule has 3 rings (SSSR count). The van der Waals surface area contributed by atoms with E-state index in [2.05, 4.69) is 4.90 Å². The van der Waals surface area contributed by atoms with E-state index in [0.717, 1.165) is 17.8 Å². The zero-order valence-corrected chi connectivity index (χ0v) is 15.4. The minimum atomic E-state index is -4.27. The lowest BCUT2D eigenvalue weighted by molar-refractivity contribution is -0.129. The maximum atomic E-state index is 13.3. The van der Waals surface area contributed by atoms with Gasteiger partial charge in [0.05, 0.1) is 0 Å². The highest BCUT2D eigenvalue weighted by Gasteiger charge is 2.21. The Morgan fingerprint density at radius 1 is 0.963 bits per heavy atom. The van der Waals surface area contributed by atoms with Gasteiger partial charge in [-0.3, -0.25) is 4.79 Å². The van der Waals surface area contributed by atoms with Crippen molar-refractivity contribution in [2.24, 2.45) is 0 Å². The van der Waals surface area contributed by atoms with E-state index in [0.29, 0.717) is 32.2 Å². The van der Waals surface area contributed by atoms with E-state index in [-0.39, 0.29) is 11.7 Å². The van der Waals surface area contributed by atoms with Gasteiger partial charge in [0.2, 0.25) is 5.91 Å². The van der Waals surface area contributed by atoms with Crippen LogP contribution in [-0.2, 0) is 14.9 Å². The van der Waals surface area contributed by atoms with Crippen LogP contribution in [0.1, 0.15) is 6.92 Å². The van der Waals surface area contributed by atoms with Crippen LogP contribution in [0.25, 0.3) is 0 Å². The number of hydrogen-bond donors (Lipinski definition) is 0. The lowest BCUT2D eigenvalue weighted by atomic mass is 10.2. The zero-order chi connectivity index (χ0) is 19.6. The normalized spacial score (nSPS) is 14.9. The maximum Gasteiger partial charge on any atom is 0.339 e. The fraction of sp³-hybridized carbons (Fsp3) is 0.278. The van der Waals surface area contributed by atoms with E-state index in [1.807, 2.05) is 0 Å². The summed E-state index contributed by atoms with van der Waals surface area (Å²) < 4.78 is 55.6. The summed E-state index contributed by atoms with van der Waals surface area (Å²) in [5, 5.41) is 0. The number of anilines is 1. The number of carbonyl (C=O) groups excluding carboxylic acids is 1. The maximum absolute atomic E-state index is 13.3. The number of amides is 1. The van der Waals surface area contributed by atoms with E-state index >= 15 is 0 Å². The quantitative estimate of drug-likeness (QED) is 0.743. The van der Waals surface area contributed by atoms with Gasteiger partial charge in [-0.15, -0.1) is 0 Å². The SMILES string of the molecule is CC(=O)N1CCN(c2ccc(OS(=O)(=O)c3ccc(F)c(F)c3)cc2)CC1. The Kier molecular flexibility index (Phi) is 5.31. The first-order chi connectivity index (χ1) is 12.8. The lowest BCUT2D eigenvalue weighted by Gasteiger charge is -2.35. The third-order valence-corrected chi connectivity index (χ3v) is 5.56. The lowest BCUT2D eigenvalue weighted by Crippen LogP contribution is -2.48. The van der Waals surface area contributed by atoms with Gasteiger partial charge in [0.1, 0.15) is 10.6 Å². The van der Waals surface area contributed by atoms with Crippen molar-refractivity contribution in [2.45, 2.75) is 11.8 Å². The summed E-state index contributed by atoms with van der Waals surface area (Å²) in [5.41, 5.74) is 0.871. The molecule has 1 aliphatic rings. The first kappa shape index (κ1) is 19.1. The molecule has 1 amide bonds. The first-order valence-electron chi connectivity index (χ1n) is 8.26. The summed E-state index contributed by atoms with van der Waals surface area (Å²) >= 11 is 0. The van der Waals surface area contributed by atoms with Crippen LogP contribution < -0.4 is 9.08 Å². The Morgan fingerprint density at radius 3 is 2.15 bits per heavy atom. The molecule has 2 aromatic carbocycles. The molecular formula is C18H18F2N2O4S. The van der Waals surface area contributed by atoms with E-state index in [4.69, 9.17) is 4.18 Å². The van der Waals surface area contributed by atoms with Crippen molar-refractivity contribution in [3.8, 4) is 5.75 Å². The van der Waals surface area contributed by atoms with Gasteiger partial charge in [-0.05, 0) is 42.5 Å². The predicted octanol–water partition coefficient (Wildman–Crippen LogP) is 2.40. The molecular weight excluding hydrogens is 378 g/mol. The van der Waals surface area contributed by atoms with Crippen LogP contribution in [0, 0.1) is 11.6 Å². The van der Waals surface area contributed by atoms with Crippen LogP contribution in [0.5, 0.6) is 5.75 Å². The molecule has 0 spiro atoms. The molecule has 0 unspecified atom stereocenters. The number of nitrogens with zero attached hydrogens (tertiary/aromatic N) is 2. The van der Waals surface area contributed by atoms with Crippen molar-refractivity contribution < 1.29 is 26.2 Å². The molecule has 1 fully saturated rings. The molecule has 6 nitrogen and oxygen atoms in total. The monoisotopic (exact) mass is 396 g/mol. The van der Waals surface area contributed by atoms with Gasteiger partial charge in [0.15, 0.2) is 11.6 Å². The number of benzene rings is 2.